The molecule has 0 aliphatic carbocycles. The van der Waals surface area contributed by atoms with E-state index in [1.807, 2.05) is 0 Å². The molecule has 1 heterocycles. The lowest BCUT2D eigenvalue weighted by Crippen LogP contribution is -2.29. The van der Waals surface area contributed by atoms with Gasteiger partial charge in [-0.2, -0.15) is 18.2 Å². The molecule has 6 nitrogen and oxygen atoms in total. The van der Waals surface area contributed by atoms with Crippen molar-refractivity contribution < 1.29 is 22.5 Å². The Morgan fingerprint density at radius 3 is 2.38 bits per heavy atom. The van der Waals surface area contributed by atoms with Gasteiger partial charge in [-0.25, -0.2) is 0 Å². The number of rotatable bonds is 4. The Labute approximate surface area is 149 Å². The Balaban J connectivity index is 1.68. The van der Waals surface area contributed by atoms with Crippen LogP contribution in [-0.2, 0) is 6.18 Å². The molecule has 0 saturated heterocycles. The number of carbonyl (C=O) groups is 1. The summed E-state index contributed by atoms with van der Waals surface area (Å²) < 4.78 is 41.6. The van der Waals surface area contributed by atoms with Crippen LogP contribution < -0.4 is 10.9 Å². The zero-order chi connectivity index (χ0) is 18.7. The van der Waals surface area contributed by atoms with Crippen LogP contribution in [-0.4, -0.2) is 16.0 Å². The molecule has 3 rings (SSSR count). The predicted molar refractivity (Wildman–Crippen MR) is 87.3 cm³/mol. The molecule has 134 valence electrons. The minimum absolute atomic E-state index is 0.224. The average molecular weight is 383 g/mol. The number of nitrogens with zero attached hydrogens (tertiary/aromatic N) is 2. The summed E-state index contributed by atoms with van der Waals surface area (Å²) in [6.07, 6.45) is -4.71. The van der Waals surface area contributed by atoms with Gasteiger partial charge in [0.15, 0.2) is 0 Å². The molecule has 0 fully saturated rings. The van der Waals surface area contributed by atoms with Crippen LogP contribution in [0.1, 0.15) is 16.2 Å². The molecule has 0 spiro atoms. The molecule has 0 bridgehead atoms. The number of carbonyl (C=O) groups excluding carboxylic acids is 1. The minimum atomic E-state index is -4.71. The number of para-hydroxylation sites is 1. The molecule has 0 aliphatic heterocycles. The molecule has 0 aliphatic rings. The van der Waals surface area contributed by atoms with E-state index in [4.69, 9.17) is 11.6 Å². The van der Waals surface area contributed by atoms with Crippen molar-refractivity contribution in [3.8, 4) is 11.4 Å². The second-order valence-corrected chi connectivity index (χ2v) is 5.46. The van der Waals surface area contributed by atoms with E-state index in [0.29, 0.717) is 10.7 Å². The van der Waals surface area contributed by atoms with Gasteiger partial charge in [-0.15, -0.1) is 0 Å². The Hall–Kier alpha value is -3.07. The second-order valence-electron chi connectivity index (χ2n) is 5.06. The van der Waals surface area contributed by atoms with Gasteiger partial charge in [-0.05, 0) is 24.3 Å². The number of halogens is 4. The van der Waals surface area contributed by atoms with E-state index < -0.39 is 18.0 Å². The molecule has 0 atom stereocenters. The highest BCUT2D eigenvalue weighted by molar-refractivity contribution is 6.33. The third kappa shape index (κ3) is 3.94. The van der Waals surface area contributed by atoms with Crippen molar-refractivity contribution in [2.45, 2.75) is 6.18 Å². The van der Waals surface area contributed by atoms with Crippen LogP contribution in [0, 0.1) is 0 Å². The fourth-order valence-corrected chi connectivity index (χ4v) is 2.17. The lowest BCUT2D eigenvalue weighted by atomic mass is 10.1. The second kappa shape index (κ2) is 7.04. The summed E-state index contributed by atoms with van der Waals surface area (Å²) in [6, 6.07) is 12.5. The predicted octanol–water partition coefficient (Wildman–Crippen LogP) is 4.17. The van der Waals surface area contributed by atoms with E-state index in [9.17, 15) is 18.0 Å². The number of hydrazine groups is 1. The molecule has 1 amide bonds. The number of anilines is 1. The zero-order valence-corrected chi connectivity index (χ0v) is 13.6. The number of nitrogens with one attached hydrogen (secondary N) is 2. The van der Waals surface area contributed by atoms with Crippen molar-refractivity contribution in [3.63, 3.8) is 0 Å². The topological polar surface area (TPSA) is 80.0 Å². The highest BCUT2D eigenvalue weighted by atomic mass is 35.5. The summed E-state index contributed by atoms with van der Waals surface area (Å²) in [7, 11) is 0. The van der Waals surface area contributed by atoms with Crippen molar-refractivity contribution in [2.75, 3.05) is 5.43 Å². The summed E-state index contributed by atoms with van der Waals surface area (Å²) in [6.45, 7) is 0. The van der Waals surface area contributed by atoms with Crippen molar-refractivity contribution in [1.82, 2.24) is 15.6 Å². The summed E-state index contributed by atoms with van der Waals surface area (Å²) in [4.78, 5) is 15.4. The monoisotopic (exact) mass is 382 g/mol. The first-order valence-corrected chi connectivity index (χ1v) is 7.54. The number of aromatic nitrogens is 2. The lowest BCUT2D eigenvalue weighted by molar-refractivity contribution is -0.159. The average Bonchev–Trinajstić information content (AvgIpc) is 3.11. The molecule has 2 N–H and O–H groups in total. The molecule has 0 radical (unpaired) electrons. The maximum Gasteiger partial charge on any atom is 0.471 e. The number of amides is 1. The van der Waals surface area contributed by atoms with Gasteiger partial charge in [0.05, 0.1) is 10.7 Å². The van der Waals surface area contributed by atoms with Gasteiger partial charge in [-0.1, -0.05) is 41.0 Å². The van der Waals surface area contributed by atoms with Gasteiger partial charge < -0.3 is 4.52 Å². The summed E-state index contributed by atoms with van der Waals surface area (Å²) in [5.74, 6) is -2.11. The highest BCUT2D eigenvalue weighted by Gasteiger charge is 2.38. The van der Waals surface area contributed by atoms with E-state index >= 15 is 0 Å². The Bertz CT molecular complexity index is 926. The van der Waals surface area contributed by atoms with Crippen LogP contribution in [0.2, 0.25) is 5.02 Å². The van der Waals surface area contributed by atoms with Crippen LogP contribution in [0.3, 0.4) is 0 Å². The van der Waals surface area contributed by atoms with Gasteiger partial charge in [0.1, 0.15) is 0 Å². The molecule has 3 aromatic rings. The zero-order valence-electron chi connectivity index (χ0n) is 12.8. The van der Waals surface area contributed by atoms with E-state index in [-0.39, 0.29) is 17.0 Å². The van der Waals surface area contributed by atoms with Crippen molar-refractivity contribution >= 4 is 23.2 Å². The fourth-order valence-electron chi connectivity index (χ4n) is 1.99. The van der Waals surface area contributed by atoms with Crippen LogP contribution in [0.4, 0.5) is 18.9 Å². The highest BCUT2D eigenvalue weighted by Crippen LogP contribution is 2.29. The van der Waals surface area contributed by atoms with E-state index in [2.05, 4.69) is 25.5 Å². The number of benzene rings is 2. The van der Waals surface area contributed by atoms with Crippen molar-refractivity contribution in [3.05, 3.63) is 65.0 Å². The van der Waals surface area contributed by atoms with Gasteiger partial charge in [-0.3, -0.25) is 15.6 Å². The summed E-state index contributed by atoms with van der Waals surface area (Å²) >= 11 is 5.96. The SMILES string of the molecule is O=C(NNc1ccccc1Cl)c1ccc(-c2noc(C(F)(F)F)n2)cc1. The molecule has 10 heteroatoms. The third-order valence-corrected chi connectivity index (χ3v) is 3.59. The number of hydrogen-bond donors (Lipinski definition) is 2. The standard InChI is InChI=1S/C16H10ClF3N4O2/c17-11-3-1-2-4-12(11)22-23-14(25)10-7-5-9(6-8-10)13-21-15(26-24-13)16(18,19)20/h1-8,22H,(H,23,25). The van der Waals surface area contributed by atoms with Crippen LogP contribution in [0.25, 0.3) is 11.4 Å². The van der Waals surface area contributed by atoms with Crippen molar-refractivity contribution in [2.24, 2.45) is 0 Å². The molecular formula is C16H10ClF3N4O2. The molecule has 2 aromatic carbocycles. The van der Waals surface area contributed by atoms with E-state index in [0.717, 1.165) is 0 Å². The smallest absolute Gasteiger partial charge is 0.329 e. The fraction of sp³-hybridized carbons (Fsp3) is 0.0625. The Morgan fingerprint density at radius 2 is 1.77 bits per heavy atom. The lowest BCUT2D eigenvalue weighted by Gasteiger charge is -2.09. The molecule has 1 aromatic heterocycles. The largest absolute Gasteiger partial charge is 0.471 e. The minimum Gasteiger partial charge on any atom is -0.329 e. The van der Waals surface area contributed by atoms with Crippen LogP contribution in [0.15, 0.2) is 53.1 Å². The Morgan fingerprint density at radius 1 is 1.08 bits per heavy atom. The molecular weight excluding hydrogens is 373 g/mol. The normalized spacial score (nSPS) is 11.2. The van der Waals surface area contributed by atoms with Gasteiger partial charge >= 0.3 is 12.1 Å². The summed E-state index contributed by atoms with van der Waals surface area (Å²) in [5, 5.41) is 3.71. The van der Waals surface area contributed by atoms with Crippen LogP contribution in [0.5, 0.6) is 0 Å². The first-order chi connectivity index (χ1) is 12.3. The molecule has 0 unspecified atom stereocenters. The number of alkyl halides is 3. The maximum absolute atomic E-state index is 12.5. The first-order valence-electron chi connectivity index (χ1n) is 7.17. The van der Waals surface area contributed by atoms with Gasteiger partial charge in [0, 0.05) is 11.1 Å². The number of hydrogen-bond acceptors (Lipinski definition) is 5. The molecule has 26 heavy (non-hydrogen) atoms. The van der Waals surface area contributed by atoms with E-state index in [1.165, 1.54) is 24.3 Å². The third-order valence-electron chi connectivity index (χ3n) is 3.26. The van der Waals surface area contributed by atoms with Gasteiger partial charge in [0.2, 0.25) is 5.82 Å². The van der Waals surface area contributed by atoms with Crippen LogP contribution >= 0.6 is 11.6 Å². The first kappa shape index (κ1) is 17.7. The van der Waals surface area contributed by atoms with Crippen molar-refractivity contribution in [1.29, 1.82) is 0 Å². The van der Waals surface area contributed by atoms with Gasteiger partial charge in [0.25, 0.3) is 5.91 Å². The van der Waals surface area contributed by atoms with E-state index in [1.54, 1.807) is 24.3 Å². The summed E-state index contributed by atoms with van der Waals surface area (Å²) in [5.41, 5.74) is 6.22. The quantitative estimate of drug-likeness (QED) is 0.662. The maximum atomic E-state index is 12.5. The Kier molecular flexibility index (Phi) is 4.81. The molecule has 0 saturated carbocycles.